The summed E-state index contributed by atoms with van der Waals surface area (Å²) >= 11 is 6.25. The maximum atomic E-state index is 6.25. The molecule has 106 valence electrons. The summed E-state index contributed by atoms with van der Waals surface area (Å²) in [5.74, 6) is 1.38. The van der Waals surface area contributed by atoms with Crippen LogP contribution in [0.2, 0.25) is 5.02 Å². The molecule has 1 saturated carbocycles. The Kier molecular flexibility index (Phi) is 3.84. The van der Waals surface area contributed by atoms with Gasteiger partial charge in [0.05, 0.1) is 11.2 Å². The van der Waals surface area contributed by atoms with Crippen molar-refractivity contribution in [1.82, 2.24) is 4.98 Å². The lowest BCUT2D eigenvalue weighted by atomic mass is 9.78. The average molecular weight is 289 g/mol. The third kappa shape index (κ3) is 2.62. The Morgan fingerprint density at radius 1 is 1.20 bits per heavy atom. The normalized spacial score (nSPS) is 26.6. The highest BCUT2D eigenvalue weighted by molar-refractivity contribution is 6.31. The van der Waals surface area contributed by atoms with Crippen molar-refractivity contribution in [1.29, 1.82) is 0 Å². The monoisotopic (exact) mass is 288 g/mol. The van der Waals surface area contributed by atoms with Crippen molar-refractivity contribution >= 4 is 28.2 Å². The number of hydrogen-bond donors (Lipinski definition) is 1. The Balaban J connectivity index is 1.97. The van der Waals surface area contributed by atoms with Gasteiger partial charge in [-0.1, -0.05) is 37.9 Å². The zero-order valence-electron chi connectivity index (χ0n) is 12.1. The van der Waals surface area contributed by atoms with Gasteiger partial charge < -0.3 is 5.32 Å². The minimum absolute atomic E-state index is 0.507. The van der Waals surface area contributed by atoms with Crippen LogP contribution in [-0.4, -0.2) is 11.0 Å². The van der Waals surface area contributed by atoms with Crippen LogP contribution in [-0.2, 0) is 0 Å². The number of fused-ring (bicyclic) bond motifs is 1. The van der Waals surface area contributed by atoms with E-state index in [0.717, 1.165) is 21.6 Å². The van der Waals surface area contributed by atoms with E-state index in [9.17, 15) is 0 Å². The highest BCUT2D eigenvalue weighted by atomic mass is 35.5. The summed E-state index contributed by atoms with van der Waals surface area (Å²) in [4.78, 5) is 4.52. The first-order valence-corrected chi connectivity index (χ1v) is 7.84. The van der Waals surface area contributed by atoms with Gasteiger partial charge in [-0.15, -0.1) is 0 Å². The third-order valence-corrected chi connectivity index (χ3v) is 4.76. The summed E-state index contributed by atoms with van der Waals surface area (Å²) in [5.41, 5.74) is 2.08. The van der Waals surface area contributed by atoms with Gasteiger partial charge in [0, 0.05) is 22.6 Å². The van der Waals surface area contributed by atoms with E-state index in [2.05, 4.69) is 30.2 Å². The predicted octanol–water partition coefficient (Wildman–Crippen LogP) is 5.12. The van der Waals surface area contributed by atoms with Crippen LogP contribution in [0.15, 0.2) is 30.5 Å². The van der Waals surface area contributed by atoms with Gasteiger partial charge in [0.25, 0.3) is 0 Å². The molecule has 1 fully saturated rings. The Bertz CT molecular complexity index is 601. The van der Waals surface area contributed by atoms with Crippen molar-refractivity contribution in [2.24, 2.45) is 11.8 Å². The molecular weight excluding hydrogens is 268 g/mol. The number of hydrogen-bond acceptors (Lipinski definition) is 2. The summed E-state index contributed by atoms with van der Waals surface area (Å²) in [6.45, 7) is 4.68. The van der Waals surface area contributed by atoms with Crippen LogP contribution in [0.1, 0.15) is 33.1 Å². The number of aromatic nitrogens is 1. The van der Waals surface area contributed by atoms with Gasteiger partial charge >= 0.3 is 0 Å². The number of nitrogens with zero attached hydrogens (tertiary/aromatic N) is 1. The molecule has 0 radical (unpaired) electrons. The molecule has 1 N–H and O–H groups in total. The van der Waals surface area contributed by atoms with E-state index in [0.29, 0.717) is 17.9 Å². The van der Waals surface area contributed by atoms with Crippen molar-refractivity contribution in [2.75, 3.05) is 5.32 Å². The van der Waals surface area contributed by atoms with Gasteiger partial charge in [-0.25, -0.2) is 0 Å². The van der Waals surface area contributed by atoms with E-state index in [4.69, 9.17) is 11.6 Å². The van der Waals surface area contributed by atoms with Gasteiger partial charge in [0.15, 0.2) is 0 Å². The van der Waals surface area contributed by atoms with Gasteiger partial charge in [-0.3, -0.25) is 4.98 Å². The highest BCUT2D eigenvalue weighted by Gasteiger charge is 2.28. The number of rotatable bonds is 2. The lowest BCUT2D eigenvalue weighted by Crippen LogP contribution is -2.37. The quantitative estimate of drug-likeness (QED) is 0.829. The molecule has 2 nitrogen and oxygen atoms in total. The number of nitrogens with one attached hydrogen (secondary N) is 1. The standard InChI is InChI=1S/C17H21ClN2/c1-11-5-3-6-12(2)16(11)20-15-10-14(18)9-13-7-4-8-19-17(13)15/h4,7-12,16,20H,3,5-6H2,1-2H3. The van der Waals surface area contributed by atoms with Crippen LogP contribution in [0, 0.1) is 11.8 Å². The van der Waals surface area contributed by atoms with E-state index in [1.54, 1.807) is 0 Å². The summed E-state index contributed by atoms with van der Waals surface area (Å²) < 4.78 is 0. The summed E-state index contributed by atoms with van der Waals surface area (Å²) in [6, 6.07) is 8.50. The molecule has 0 amide bonds. The summed E-state index contributed by atoms with van der Waals surface area (Å²) in [5, 5.41) is 5.58. The molecule has 3 rings (SSSR count). The van der Waals surface area contributed by atoms with E-state index in [-0.39, 0.29) is 0 Å². The second kappa shape index (κ2) is 5.61. The number of halogens is 1. The van der Waals surface area contributed by atoms with Crippen molar-refractivity contribution < 1.29 is 0 Å². The zero-order chi connectivity index (χ0) is 14.1. The first-order chi connectivity index (χ1) is 9.65. The van der Waals surface area contributed by atoms with Gasteiger partial charge in [0.2, 0.25) is 0 Å². The van der Waals surface area contributed by atoms with Gasteiger partial charge in [0.1, 0.15) is 0 Å². The lowest BCUT2D eigenvalue weighted by molar-refractivity contribution is 0.268. The second-order valence-electron chi connectivity index (χ2n) is 6.08. The van der Waals surface area contributed by atoms with Crippen LogP contribution < -0.4 is 5.32 Å². The smallest absolute Gasteiger partial charge is 0.0934 e. The zero-order valence-corrected chi connectivity index (χ0v) is 12.8. The number of pyridine rings is 1. The van der Waals surface area contributed by atoms with Crippen molar-refractivity contribution in [3.63, 3.8) is 0 Å². The SMILES string of the molecule is CC1CCCC(C)C1Nc1cc(Cl)cc2cccnc12. The van der Waals surface area contributed by atoms with Crippen LogP contribution in [0.3, 0.4) is 0 Å². The van der Waals surface area contributed by atoms with Crippen LogP contribution in [0.4, 0.5) is 5.69 Å². The molecule has 1 heterocycles. The number of benzene rings is 1. The summed E-state index contributed by atoms with van der Waals surface area (Å²) in [7, 11) is 0. The minimum Gasteiger partial charge on any atom is -0.380 e. The van der Waals surface area contributed by atoms with Gasteiger partial charge in [-0.2, -0.15) is 0 Å². The fourth-order valence-corrected chi connectivity index (χ4v) is 3.64. The third-order valence-electron chi connectivity index (χ3n) is 4.54. The molecular formula is C17H21ClN2. The average Bonchev–Trinajstić information content (AvgIpc) is 2.42. The molecule has 1 aliphatic carbocycles. The maximum absolute atomic E-state index is 6.25. The van der Waals surface area contributed by atoms with Crippen LogP contribution in [0.25, 0.3) is 10.9 Å². The molecule has 3 heteroatoms. The fourth-order valence-electron chi connectivity index (χ4n) is 3.41. The van der Waals surface area contributed by atoms with Gasteiger partial charge in [-0.05, 0) is 42.9 Å². The predicted molar refractivity (Wildman–Crippen MR) is 86.3 cm³/mol. The molecule has 20 heavy (non-hydrogen) atoms. The van der Waals surface area contributed by atoms with E-state index >= 15 is 0 Å². The van der Waals surface area contributed by atoms with Crippen LogP contribution in [0.5, 0.6) is 0 Å². The molecule has 1 aliphatic rings. The van der Waals surface area contributed by atoms with Crippen molar-refractivity contribution in [2.45, 2.75) is 39.2 Å². The molecule has 2 aromatic rings. The molecule has 2 atom stereocenters. The first-order valence-electron chi connectivity index (χ1n) is 7.46. The molecule has 0 aliphatic heterocycles. The van der Waals surface area contributed by atoms with Crippen molar-refractivity contribution in [3.05, 3.63) is 35.5 Å². The Morgan fingerprint density at radius 2 is 1.95 bits per heavy atom. The largest absolute Gasteiger partial charge is 0.380 e. The molecule has 0 saturated heterocycles. The minimum atomic E-state index is 0.507. The fraction of sp³-hybridized carbons (Fsp3) is 0.471. The van der Waals surface area contributed by atoms with E-state index < -0.39 is 0 Å². The molecule has 2 unspecified atom stereocenters. The first kappa shape index (κ1) is 13.7. The lowest BCUT2D eigenvalue weighted by Gasteiger charge is -2.36. The second-order valence-corrected chi connectivity index (χ2v) is 6.52. The van der Waals surface area contributed by atoms with E-state index in [1.807, 2.05) is 24.4 Å². The Labute approximate surface area is 125 Å². The highest BCUT2D eigenvalue weighted by Crippen LogP contribution is 2.34. The Morgan fingerprint density at radius 3 is 2.70 bits per heavy atom. The summed E-state index contributed by atoms with van der Waals surface area (Å²) in [6.07, 6.45) is 5.78. The molecule has 0 bridgehead atoms. The Hall–Kier alpha value is -1.28. The van der Waals surface area contributed by atoms with Crippen LogP contribution >= 0.6 is 11.6 Å². The molecule has 0 spiro atoms. The van der Waals surface area contributed by atoms with E-state index in [1.165, 1.54) is 19.3 Å². The molecule has 1 aromatic heterocycles. The number of anilines is 1. The molecule has 1 aromatic carbocycles. The van der Waals surface area contributed by atoms with Crippen molar-refractivity contribution in [3.8, 4) is 0 Å². The maximum Gasteiger partial charge on any atom is 0.0934 e. The topological polar surface area (TPSA) is 24.9 Å².